The molecule has 2 aromatic rings. The summed E-state index contributed by atoms with van der Waals surface area (Å²) in [7, 11) is -3.67. The summed E-state index contributed by atoms with van der Waals surface area (Å²) < 4.78 is 28.1. The number of nitrogens with zero attached hydrogens (tertiary/aromatic N) is 4. The molecule has 0 aliphatic carbocycles. The van der Waals surface area contributed by atoms with Crippen LogP contribution < -0.4 is 5.32 Å². The molecular formula is C23H31N5O3S. The molecule has 32 heavy (non-hydrogen) atoms. The summed E-state index contributed by atoms with van der Waals surface area (Å²) in [6.45, 7) is 2.80. The van der Waals surface area contributed by atoms with Crippen LogP contribution in [0.2, 0.25) is 0 Å². The minimum Gasteiger partial charge on any atom is -0.356 e. The van der Waals surface area contributed by atoms with Gasteiger partial charge >= 0.3 is 0 Å². The lowest BCUT2D eigenvalue weighted by Crippen LogP contribution is -2.57. The highest BCUT2D eigenvalue weighted by Crippen LogP contribution is 2.29. The molecule has 172 valence electrons. The quantitative estimate of drug-likeness (QED) is 0.755. The van der Waals surface area contributed by atoms with Gasteiger partial charge in [-0.1, -0.05) is 12.8 Å². The SMILES string of the molecule is O=C1NCCCCCCN(Cc2ccncc2)[C@@H]2CN(S(=O)(=O)c3cccnc3)CC[C@@H]12. The smallest absolute Gasteiger partial charge is 0.244 e. The Balaban J connectivity index is 1.63. The van der Waals surface area contributed by atoms with Gasteiger partial charge in [0.2, 0.25) is 15.9 Å². The van der Waals surface area contributed by atoms with E-state index in [1.807, 2.05) is 12.1 Å². The van der Waals surface area contributed by atoms with Crippen LogP contribution in [-0.4, -0.2) is 65.7 Å². The van der Waals surface area contributed by atoms with Gasteiger partial charge in [0.05, 0.1) is 5.92 Å². The molecule has 2 fully saturated rings. The van der Waals surface area contributed by atoms with E-state index in [-0.39, 0.29) is 22.8 Å². The van der Waals surface area contributed by atoms with Crippen molar-refractivity contribution in [3.8, 4) is 0 Å². The number of fused-ring (bicyclic) bond motifs is 1. The monoisotopic (exact) mass is 457 g/mol. The number of hydrogen-bond acceptors (Lipinski definition) is 6. The third-order valence-electron chi connectivity index (χ3n) is 6.43. The minimum atomic E-state index is -3.67. The number of carbonyl (C=O) groups excluding carboxylic acids is 1. The molecule has 9 heteroatoms. The second-order valence-corrected chi connectivity index (χ2v) is 10.5. The first-order valence-electron chi connectivity index (χ1n) is 11.4. The number of aromatic nitrogens is 2. The molecule has 0 spiro atoms. The Bertz CT molecular complexity index is 987. The van der Waals surface area contributed by atoms with E-state index >= 15 is 0 Å². The maximum atomic E-state index is 13.3. The number of carbonyl (C=O) groups is 1. The summed E-state index contributed by atoms with van der Waals surface area (Å²) in [5, 5.41) is 3.10. The zero-order chi connectivity index (χ0) is 22.4. The van der Waals surface area contributed by atoms with Gasteiger partial charge in [-0.05, 0) is 55.6 Å². The van der Waals surface area contributed by atoms with Crippen molar-refractivity contribution >= 4 is 15.9 Å². The van der Waals surface area contributed by atoms with E-state index in [1.54, 1.807) is 30.7 Å². The highest BCUT2D eigenvalue weighted by molar-refractivity contribution is 7.89. The number of hydrogen-bond donors (Lipinski definition) is 1. The highest BCUT2D eigenvalue weighted by Gasteiger charge is 2.41. The first-order valence-corrected chi connectivity index (χ1v) is 12.8. The molecule has 0 aromatic carbocycles. The number of nitrogens with one attached hydrogen (secondary N) is 1. The summed E-state index contributed by atoms with van der Waals surface area (Å²) in [5.41, 5.74) is 1.11. The second kappa shape index (κ2) is 10.5. The van der Waals surface area contributed by atoms with Crippen molar-refractivity contribution in [1.29, 1.82) is 0 Å². The summed E-state index contributed by atoms with van der Waals surface area (Å²) in [6.07, 6.45) is 11.2. The Kier molecular flexibility index (Phi) is 7.49. The van der Waals surface area contributed by atoms with Crippen LogP contribution in [0.1, 0.15) is 37.7 Å². The van der Waals surface area contributed by atoms with Crippen LogP contribution in [-0.2, 0) is 21.4 Å². The van der Waals surface area contributed by atoms with Crippen LogP contribution in [0.3, 0.4) is 0 Å². The fraction of sp³-hybridized carbons (Fsp3) is 0.522. The summed E-state index contributed by atoms with van der Waals surface area (Å²) in [5.74, 6) is -0.203. The molecule has 0 saturated carbocycles. The van der Waals surface area contributed by atoms with Gasteiger partial charge in [0, 0.05) is 57.0 Å². The molecule has 2 atom stereocenters. The van der Waals surface area contributed by atoms with Crippen molar-refractivity contribution in [1.82, 2.24) is 24.5 Å². The second-order valence-electron chi connectivity index (χ2n) is 8.55. The lowest BCUT2D eigenvalue weighted by Gasteiger charge is -2.43. The van der Waals surface area contributed by atoms with Crippen LogP contribution in [0.15, 0.2) is 53.9 Å². The molecule has 1 N–H and O–H groups in total. The van der Waals surface area contributed by atoms with E-state index in [1.165, 1.54) is 10.5 Å². The largest absolute Gasteiger partial charge is 0.356 e. The average Bonchev–Trinajstić information content (AvgIpc) is 2.86. The Morgan fingerprint density at radius 1 is 1.00 bits per heavy atom. The maximum absolute atomic E-state index is 13.3. The molecule has 0 bridgehead atoms. The van der Waals surface area contributed by atoms with Crippen molar-refractivity contribution in [3.05, 3.63) is 54.6 Å². The highest BCUT2D eigenvalue weighted by atomic mass is 32.2. The van der Waals surface area contributed by atoms with Crippen LogP contribution in [0.4, 0.5) is 0 Å². The topological polar surface area (TPSA) is 95.5 Å². The molecule has 2 aliphatic rings. The molecule has 0 unspecified atom stereocenters. The van der Waals surface area contributed by atoms with Gasteiger partial charge in [0.25, 0.3) is 0 Å². The molecule has 4 heterocycles. The number of piperidine rings is 1. The van der Waals surface area contributed by atoms with Gasteiger partial charge in [-0.15, -0.1) is 0 Å². The van der Waals surface area contributed by atoms with Crippen molar-refractivity contribution < 1.29 is 13.2 Å². The Labute approximate surface area is 190 Å². The number of rotatable bonds is 4. The van der Waals surface area contributed by atoms with Crippen LogP contribution >= 0.6 is 0 Å². The van der Waals surface area contributed by atoms with Gasteiger partial charge < -0.3 is 5.32 Å². The van der Waals surface area contributed by atoms with Gasteiger partial charge in [0.15, 0.2) is 0 Å². The van der Waals surface area contributed by atoms with E-state index in [0.29, 0.717) is 32.6 Å². The predicted octanol–water partition coefficient (Wildman–Crippen LogP) is 2.05. The average molecular weight is 458 g/mol. The molecule has 0 radical (unpaired) electrons. The van der Waals surface area contributed by atoms with E-state index in [0.717, 1.165) is 37.8 Å². The predicted molar refractivity (Wildman–Crippen MR) is 121 cm³/mol. The number of amides is 1. The van der Waals surface area contributed by atoms with Crippen molar-refractivity contribution in [2.75, 3.05) is 26.2 Å². The standard InChI is InChI=1S/C23H31N5O3S/c29-23-21-9-15-28(32(30,31)20-6-5-10-25-16-20)18-22(21)27(14-4-2-1-3-11-26-23)17-19-7-12-24-13-8-19/h5-8,10,12-13,16,21-22H,1-4,9,11,14-15,17-18H2,(H,26,29)/t21-,22-/m1/s1. The van der Waals surface area contributed by atoms with Gasteiger partial charge in [-0.25, -0.2) is 8.42 Å². The van der Waals surface area contributed by atoms with Gasteiger partial charge in [0.1, 0.15) is 4.90 Å². The molecule has 4 rings (SSSR count). The lowest BCUT2D eigenvalue weighted by molar-refractivity contribution is -0.129. The molecule has 2 aliphatic heterocycles. The number of sulfonamides is 1. The minimum absolute atomic E-state index is 0.0371. The summed E-state index contributed by atoms with van der Waals surface area (Å²) >= 11 is 0. The lowest BCUT2D eigenvalue weighted by atomic mass is 9.90. The third kappa shape index (κ3) is 5.33. The van der Waals surface area contributed by atoms with Gasteiger partial charge in [-0.3, -0.25) is 19.7 Å². The molecular weight excluding hydrogens is 426 g/mol. The molecule has 2 aromatic heterocycles. The number of pyridine rings is 2. The summed E-state index contributed by atoms with van der Waals surface area (Å²) in [4.78, 5) is 23.7. The van der Waals surface area contributed by atoms with E-state index in [4.69, 9.17) is 0 Å². The maximum Gasteiger partial charge on any atom is 0.244 e. The van der Waals surface area contributed by atoms with E-state index < -0.39 is 10.0 Å². The first-order chi connectivity index (χ1) is 15.6. The fourth-order valence-electron chi connectivity index (χ4n) is 4.67. The van der Waals surface area contributed by atoms with Crippen molar-refractivity contribution in [2.45, 2.75) is 49.6 Å². The third-order valence-corrected chi connectivity index (χ3v) is 8.28. The Hall–Kier alpha value is -2.36. The van der Waals surface area contributed by atoms with E-state index in [2.05, 4.69) is 20.2 Å². The molecule has 1 amide bonds. The van der Waals surface area contributed by atoms with E-state index in [9.17, 15) is 13.2 Å². The summed E-state index contributed by atoms with van der Waals surface area (Å²) in [6, 6.07) is 6.98. The van der Waals surface area contributed by atoms with Crippen LogP contribution in [0.25, 0.3) is 0 Å². The fourth-order valence-corrected chi connectivity index (χ4v) is 6.10. The molecule has 8 nitrogen and oxygen atoms in total. The normalized spacial score (nSPS) is 24.2. The van der Waals surface area contributed by atoms with Crippen LogP contribution in [0, 0.1) is 5.92 Å². The first kappa shape index (κ1) is 22.8. The van der Waals surface area contributed by atoms with Crippen LogP contribution in [0.5, 0.6) is 0 Å². The molecule has 2 saturated heterocycles. The zero-order valence-corrected chi connectivity index (χ0v) is 19.1. The zero-order valence-electron chi connectivity index (χ0n) is 18.3. The van der Waals surface area contributed by atoms with Crippen molar-refractivity contribution in [2.24, 2.45) is 5.92 Å². The van der Waals surface area contributed by atoms with Crippen molar-refractivity contribution in [3.63, 3.8) is 0 Å². The Morgan fingerprint density at radius 3 is 2.59 bits per heavy atom. The van der Waals surface area contributed by atoms with Gasteiger partial charge in [-0.2, -0.15) is 4.31 Å². The Morgan fingerprint density at radius 2 is 1.81 bits per heavy atom.